The summed E-state index contributed by atoms with van der Waals surface area (Å²) in [5.41, 5.74) is 3.50. The third kappa shape index (κ3) is 3.27. The molecule has 0 amide bonds. The largest absolute Gasteiger partial charge is 0.395 e. The summed E-state index contributed by atoms with van der Waals surface area (Å²) in [6.07, 6.45) is 11.1. The second-order valence-electron chi connectivity index (χ2n) is 8.48. The van der Waals surface area contributed by atoms with Crippen molar-refractivity contribution in [3.8, 4) is 11.4 Å². The van der Waals surface area contributed by atoms with Crippen molar-refractivity contribution in [2.45, 2.75) is 56.4 Å². The first-order valence-electron chi connectivity index (χ1n) is 10.5. The monoisotopic (exact) mass is 364 g/mol. The van der Waals surface area contributed by atoms with Crippen molar-refractivity contribution in [2.24, 2.45) is 5.92 Å². The smallest absolute Gasteiger partial charge is 0.159 e. The number of nitrogens with zero attached hydrogens (tertiary/aromatic N) is 4. The van der Waals surface area contributed by atoms with Crippen molar-refractivity contribution >= 4 is 0 Å². The topological polar surface area (TPSA) is 62.1 Å². The van der Waals surface area contributed by atoms with E-state index in [1.165, 1.54) is 43.5 Å². The van der Waals surface area contributed by atoms with Crippen molar-refractivity contribution in [1.82, 2.24) is 19.9 Å². The fourth-order valence-corrected chi connectivity index (χ4v) is 5.40. The number of pyridine rings is 1. The molecular weight excluding hydrogens is 336 g/mol. The first kappa shape index (κ1) is 17.3. The summed E-state index contributed by atoms with van der Waals surface area (Å²) in [4.78, 5) is 16.6. The molecule has 0 radical (unpaired) electrons. The Morgan fingerprint density at radius 2 is 1.81 bits per heavy atom. The maximum atomic E-state index is 9.68. The van der Waals surface area contributed by atoms with E-state index in [9.17, 15) is 5.11 Å². The van der Waals surface area contributed by atoms with Crippen LogP contribution in [0.2, 0.25) is 0 Å². The lowest BCUT2D eigenvalue weighted by molar-refractivity contribution is 0.00184. The summed E-state index contributed by atoms with van der Waals surface area (Å²) in [5.74, 6) is 2.53. The van der Waals surface area contributed by atoms with Crippen molar-refractivity contribution in [3.63, 3.8) is 0 Å². The Bertz CT molecular complexity index is 790. The van der Waals surface area contributed by atoms with Crippen LogP contribution >= 0.6 is 0 Å². The first-order valence-corrected chi connectivity index (χ1v) is 10.5. The van der Waals surface area contributed by atoms with E-state index in [1.807, 2.05) is 24.5 Å². The summed E-state index contributed by atoms with van der Waals surface area (Å²) in [6.45, 7) is 2.42. The second-order valence-corrected chi connectivity index (χ2v) is 8.48. The van der Waals surface area contributed by atoms with E-state index < -0.39 is 0 Å². The number of aliphatic hydroxyl groups excluding tert-OH is 1. The van der Waals surface area contributed by atoms with Gasteiger partial charge in [-0.1, -0.05) is 12.8 Å². The first-order chi connectivity index (χ1) is 13.3. The van der Waals surface area contributed by atoms with Crippen LogP contribution in [0.1, 0.15) is 61.7 Å². The molecule has 27 heavy (non-hydrogen) atoms. The fraction of sp³-hybridized carbons (Fsp3) is 0.591. The molecule has 5 nitrogen and oxygen atoms in total. The third-order valence-electron chi connectivity index (χ3n) is 6.95. The van der Waals surface area contributed by atoms with Crippen molar-refractivity contribution in [3.05, 3.63) is 42.0 Å². The average molecular weight is 364 g/mol. The van der Waals surface area contributed by atoms with E-state index >= 15 is 0 Å². The predicted molar refractivity (Wildman–Crippen MR) is 104 cm³/mol. The van der Waals surface area contributed by atoms with Crippen LogP contribution in [-0.4, -0.2) is 50.7 Å². The second kappa shape index (κ2) is 7.28. The van der Waals surface area contributed by atoms with E-state index in [4.69, 9.17) is 9.97 Å². The molecule has 1 aliphatic carbocycles. The van der Waals surface area contributed by atoms with Gasteiger partial charge in [0.1, 0.15) is 0 Å². The predicted octanol–water partition coefficient (Wildman–Crippen LogP) is 3.37. The van der Waals surface area contributed by atoms with Gasteiger partial charge >= 0.3 is 0 Å². The number of aliphatic hydroxyl groups is 1. The van der Waals surface area contributed by atoms with Crippen LogP contribution in [0.25, 0.3) is 11.4 Å². The zero-order valence-corrected chi connectivity index (χ0v) is 15.8. The Morgan fingerprint density at radius 1 is 1.04 bits per heavy atom. The Hall–Kier alpha value is -1.85. The maximum absolute atomic E-state index is 9.68. The molecule has 1 N–H and O–H groups in total. The Labute approximate surface area is 160 Å². The molecule has 2 aromatic rings. The molecule has 0 spiro atoms. The molecular formula is C22H28N4O. The van der Waals surface area contributed by atoms with E-state index in [0.29, 0.717) is 23.8 Å². The molecule has 6 rings (SSSR count). The highest BCUT2D eigenvalue weighted by Gasteiger charge is 2.41. The van der Waals surface area contributed by atoms with Crippen LogP contribution in [0.4, 0.5) is 0 Å². The Balaban J connectivity index is 1.52. The van der Waals surface area contributed by atoms with Crippen LogP contribution in [-0.2, 0) is 0 Å². The van der Waals surface area contributed by atoms with Gasteiger partial charge in [0, 0.05) is 53.8 Å². The summed E-state index contributed by atoms with van der Waals surface area (Å²) in [7, 11) is 0. The van der Waals surface area contributed by atoms with Gasteiger partial charge in [0.2, 0.25) is 0 Å². The number of aromatic nitrogens is 3. The third-order valence-corrected chi connectivity index (χ3v) is 6.95. The molecule has 142 valence electrons. The van der Waals surface area contributed by atoms with Crippen LogP contribution in [0.3, 0.4) is 0 Å². The highest BCUT2D eigenvalue weighted by Crippen LogP contribution is 2.42. The van der Waals surface area contributed by atoms with Gasteiger partial charge in [-0.15, -0.1) is 0 Å². The van der Waals surface area contributed by atoms with Crippen LogP contribution < -0.4 is 0 Å². The zero-order valence-electron chi connectivity index (χ0n) is 15.8. The van der Waals surface area contributed by atoms with Gasteiger partial charge in [-0.25, -0.2) is 9.97 Å². The van der Waals surface area contributed by atoms with E-state index in [1.54, 1.807) is 0 Å². The minimum Gasteiger partial charge on any atom is -0.395 e. The zero-order chi connectivity index (χ0) is 18.2. The molecule has 0 aromatic carbocycles. The number of fused-ring (bicyclic) bond motifs is 3. The van der Waals surface area contributed by atoms with E-state index in [0.717, 1.165) is 30.9 Å². The fourth-order valence-electron chi connectivity index (χ4n) is 5.40. The molecule has 4 unspecified atom stereocenters. The molecule has 5 heterocycles. The SMILES string of the molecule is OCC1CC2CCN1CC2c1cc(C2CCCC2)nc(-c2ccncc2)n1. The van der Waals surface area contributed by atoms with Gasteiger partial charge in [0.05, 0.1) is 6.61 Å². The summed E-state index contributed by atoms with van der Waals surface area (Å²) in [6, 6.07) is 6.67. The lowest BCUT2D eigenvalue weighted by Gasteiger charge is -2.49. The highest BCUT2D eigenvalue weighted by molar-refractivity contribution is 5.54. The highest BCUT2D eigenvalue weighted by atomic mass is 16.3. The quantitative estimate of drug-likeness (QED) is 0.901. The summed E-state index contributed by atoms with van der Waals surface area (Å²) >= 11 is 0. The van der Waals surface area contributed by atoms with Gasteiger partial charge in [-0.05, 0) is 56.3 Å². The number of piperidine rings is 3. The van der Waals surface area contributed by atoms with E-state index in [-0.39, 0.29) is 6.61 Å². The Morgan fingerprint density at radius 3 is 2.52 bits per heavy atom. The maximum Gasteiger partial charge on any atom is 0.159 e. The van der Waals surface area contributed by atoms with Crippen molar-refractivity contribution in [1.29, 1.82) is 0 Å². The van der Waals surface area contributed by atoms with Gasteiger partial charge < -0.3 is 5.11 Å². The van der Waals surface area contributed by atoms with Gasteiger partial charge in [-0.2, -0.15) is 0 Å². The minimum atomic E-state index is 0.280. The van der Waals surface area contributed by atoms with Crippen LogP contribution in [0, 0.1) is 5.92 Å². The van der Waals surface area contributed by atoms with Gasteiger partial charge in [0.15, 0.2) is 5.82 Å². The van der Waals surface area contributed by atoms with Gasteiger partial charge in [-0.3, -0.25) is 9.88 Å². The van der Waals surface area contributed by atoms with E-state index in [2.05, 4.69) is 16.0 Å². The molecule has 2 aromatic heterocycles. The summed E-state index contributed by atoms with van der Waals surface area (Å²) in [5, 5.41) is 9.68. The van der Waals surface area contributed by atoms with Crippen molar-refractivity contribution in [2.75, 3.05) is 19.7 Å². The normalized spacial score (nSPS) is 30.7. The molecule has 4 aliphatic rings. The number of hydrogen-bond acceptors (Lipinski definition) is 5. The number of rotatable bonds is 4. The molecule has 3 saturated heterocycles. The molecule has 4 atom stereocenters. The van der Waals surface area contributed by atoms with Crippen molar-refractivity contribution < 1.29 is 5.11 Å². The molecule has 1 saturated carbocycles. The Kier molecular flexibility index (Phi) is 4.66. The molecule has 5 heteroatoms. The van der Waals surface area contributed by atoms with Crippen LogP contribution in [0.5, 0.6) is 0 Å². The lowest BCUT2D eigenvalue weighted by atomic mass is 9.74. The summed E-state index contributed by atoms with van der Waals surface area (Å²) < 4.78 is 0. The van der Waals surface area contributed by atoms with Crippen LogP contribution in [0.15, 0.2) is 30.6 Å². The average Bonchev–Trinajstić information content (AvgIpc) is 3.29. The molecule has 4 fully saturated rings. The minimum absolute atomic E-state index is 0.280. The molecule has 2 bridgehead atoms. The standard InChI is InChI=1S/C22H28N4O/c27-14-18-11-17-7-10-26(18)13-19(17)21-12-20(15-3-1-2-4-15)24-22(25-21)16-5-8-23-9-6-16/h5-6,8-9,12,15,17-19,27H,1-4,7,10-11,13-14H2. The molecule has 3 aliphatic heterocycles. The number of hydrogen-bond donors (Lipinski definition) is 1. The van der Waals surface area contributed by atoms with Gasteiger partial charge in [0.25, 0.3) is 0 Å². The lowest BCUT2D eigenvalue weighted by Crippen LogP contribution is -2.53.